The molecule has 0 saturated carbocycles. The van der Waals surface area contributed by atoms with Gasteiger partial charge in [0.2, 0.25) is 12.6 Å². The molecule has 5 heterocycles. The minimum atomic E-state index is -0.931. The number of phenols is 2. The summed E-state index contributed by atoms with van der Waals surface area (Å²) in [6.07, 6.45) is 0.509. The Morgan fingerprint density at radius 3 is 2.59 bits per heavy atom. The van der Waals surface area contributed by atoms with Crippen LogP contribution in [-0.4, -0.2) is 83.2 Å². The van der Waals surface area contributed by atoms with Gasteiger partial charge < -0.3 is 29.2 Å². The zero-order valence-corrected chi connectivity index (χ0v) is 23.8. The highest BCUT2D eigenvalue weighted by atomic mass is 32.2. The van der Waals surface area contributed by atoms with Crippen molar-refractivity contribution in [2.75, 3.05) is 33.3 Å². The number of likely N-dealkylation sites (N-methyl/N-ethyl adjacent to an activating group) is 1. The molecule has 2 unspecified atom stereocenters. The van der Waals surface area contributed by atoms with Crippen molar-refractivity contribution in [3.05, 3.63) is 39.4 Å². The van der Waals surface area contributed by atoms with E-state index in [0.717, 1.165) is 11.1 Å². The van der Waals surface area contributed by atoms with Crippen LogP contribution in [0, 0.1) is 25.2 Å². The fourth-order valence-corrected chi connectivity index (χ4v) is 8.98. The number of aryl methyl sites for hydroxylation is 1. The molecule has 5 aliphatic heterocycles. The Labute approximate surface area is 240 Å². The normalized spacial score (nSPS) is 30.1. The molecular weight excluding hydrogens is 550 g/mol. The Balaban J connectivity index is 1.55. The molecule has 0 radical (unpaired) electrons. The number of hydrogen-bond acceptors (Lipinski definition) is 12. The third kappa shape index (κ3) is 3.40. The summed E-state index contributed by atoms with van der Waals surface area (Å²) in [6, 6.07) is 1.99. The second kappa shape index (κ2) is 9.17. The van der Waals surface area contributed by atoms with Gasteiger partial charge in [-0.25, -0.2) is 4.79 Å². The molecule has 2 fully saturated rings. The Bertz CT molecular complexity index is 1570. The minimum absolute atomic E-state index is 0.0192. The predicted octanol–water partition coefficient (Wildman–Crippen LogP) is 2.58. The van der Waals surface area contributed by atoms with Crippen LogP contribution in [0.25, 0.3) is 0 Å². The number of rotatable bonds is 1. The highest BCUT2D eigenvalue weighted by Crippen LogP contribution is 2.63. The molecule has 4 bridgehead atoms. The number of carbonyl (C=O) groups is 2. The fourth-order valence-electron chi connectivity index (χ4n) is 7.64. The Hall–Kier alpha value is -3.66. The first-order valence-corrected chi connectivity index (χ1v) is 14.5. The number of cyclic esters (lactones) is 1. The molecular formula is C29H29N3O8S. The first-order chi connectivity index (χ1) is 19.7. The van der Waals surface area contributed by atoms with E-state index in [9.17, 15) is 25.1 Å². The average molecular weight is 580 g/mol. The number of fused-ring (bicyclic) bond motifs is 9. The van der Waals surface area contributed by atoms with Crippen molar-refractivity contribution in [1.82, 2.24) is 9.80 Å². The van der Waals surface area contributed by atoms with Gasteiger partial charge in [0.05, 0.1) is 36.3 Å². The lowest BCUT2D eigenvalue weighted by atomic mass is 9.71. The number of thioether (sulfide) groups is 1. The Kier molecular flexibility index (Phi) is 5.87. The molecule has 12 heteroatoms. The van der Waals surface area contributed by atoms with Crippen molar-refractivity contribution >= 4 is 23.5 Å². The number of aromatic hydroxyl groups is 2. The summed E-state index contributed by atoms with van der Waals surface area (Å²) in [5, 5.41) is 33.4. The van der Waals surface area contributed by atoms with Crippen LogP contribution in [0.2, 0.25) is 0 Å². The summed E-state index contributed by atoms with van der Waals surface area (Å²) in [5.74, 6) is -0.472. The molecule has 11 nitrogen and oxygen atoms in total. The molecule has 2 aromatic carbocycles. The summed E-state index contributed by atoms with van der Waals surface area (Å²) in [6.45, 7) is 3.37. The smallest absolute Gasteiger partial charge is 0.375 e. The van der Waals surface area contributed by atoms with Gasteiger partial charge >= 0.3 is 5.97 Å². The number of ketones is 1. The lowest BCUT2D eigenvalue weighted by Crippen LogP contribution is -2.69. The molecule has 214 valence electrons. The molecule has 2 aromatic rings. The molecule has 7 rings (SSSR count). The molecule has 2 N–H and O–H groups in total. The summed E-state index contributed by atoms with van der Waals surface area (Å²) in [4.78, 5) is 29.6. The van der Waals surface area contributed by atoms with Crippen LogP contribution < -0.4 is 14.2 Å². The maximum Gasteiger partial charge on any atom is 0.375 e. The summed E-state index contributed by atoms with van der Waals surface area (Å²) in [5.41, 5.74) is 4.11. The molecule has 6 atom stereocenters. The standard InChI is InChI=1S/C29H29N3O8S/c1-11-5-13-6-14-15(7-30)32-16-8-38-29(36)17(33)9-41-28(20-19(16)27-26(39-10-40-27)12(2)23(20)34)22(32)21(31(14)3)18(13)24(35)25(11)37-4/h5,14-16,21-22,28,34-35H,6,8-10H2,1-4H3/t14-,15?,16-,21+,22?,28+/m0/s1. The van der Waals surface area contributed by atoms with Crippen molar-refractivity contribution in [2.24, 2.45) is 0 Å². The second-order valence-corrected chi connectivity index (χ2v) is 12.3. The monoisotopic (exact) mass is 579 g/mol. The van der Waals surface area contributed by atoms with Crippen LogP contribution in [0.5, 0.6) is 28.7 Å². The zero-order chi connectivity index (χ0) is 28.9. The number of ether oxygens (including phenoxy) is 4. The molecule has 5 aliphatic rings. The summed E-state index contributed by atoms with van der Waals surface area (Å²) >= 11 is 1.22. The molecule has 41 heavy (non-hydrogen) atoms. The summed E-state index contributed by atoms with van der Waals surface area (Å²) < 4.78 is 22.9. The fraction of sp³-hybridized carbons (Fsp3) is 0.483. The van der Waals surface area contributed by atoms with Gasteiger partial charge in [-0.2, -0.15) is 5.26 Å². The summed E-state index contributed by atoms with van der Waals surface area (Å²) in [7, 11) is 3.46. The van der Waals surface area contributed by atoms with Crippen molar-refractivity contribution in [3.63, 3.8) is 0 Å². The van der Waals surface area contributed by atoms with E-state index in [-0.39, 0.29) is 36.7 Å². The second-order valence-electron chi connectivity index (χ2n) is 11.2. The molecule has 0 amide bonds. The number of piperazine rings is 1. The van der Waals surface area contributed by atoms with Crippen LogP contribution >= 0.6 is 11.8 Å². The third-order valence-corrected chi connectivity index (χ3v) is 10.6. The molecule has 2 saturated heterocycles. The van der Waals surface area contributed by atoms with E-state index in [1.165, 1.54) is 18.9 Å². The van der Waals surface area contributed by atoms with E-state index in [2.05, 4.69) is 15.9 Å². The number of methoxy groups -OCH3 is 1. The molecule has 0 aliphatic carbocycles. The van der Waals surface area contributed by atoms with E-state index in [1.807, 2.05) is 20.0 Å². The van der Waals surface area contributed by atoms with Crippen LogP contribution in [0.4, 0.5) is 0 Å². The average Bonchev–Trinajstić information content (AvgIpc) is 3.44. The Morgan fingerprint density at radius 1 is 1.10 bits per heavy atom. The number of esters is 1. The largest absolute Gasteiger partial charge is 0.507 e. The number of carbonyl (C=O) groups excluding carboxylic acids is 2. The van der Waals surface area contributed by atoms with E-state index in [4.69, 9.17) is 18.9 Å². The van der Waals surface area contributed by atoms with Gasteiger partial charge in [-0.05, 0) is 38.4 Å². The van der Waals surface area contributed by atoms with Gasteiger partial charge in [0, 0.05) is 34.3 Å². The molecule has 0 spiro atoms. The first kappa shape index (κ1) is 26.3. The number of hydrogen-bond donors (Lipinski definition) is 2. The number of nitrogens with zero attached hydrogens (tertiary/aromatic N) is 3. The van der Waals surface area contributed by atoms with E-state index in [1.54, 1.807) is 6.92 Å². The lowest BCUT2D eigenvalue weighted by Gasteiger charge is -2.61. The predicted molar refractivity (Wildman–Crippen MR) is 145 cm³/mol. The van der Waals surface area contributed by atoms with Crippen molar-refractivity contribution in [1.29, 1.82) is 5.26 Å². The van der Waals surface area contributed by atoms with Gasteiger partial charge in [0.25, 0.3) is 0 Å². The van der Waals surface area contributed by atoms with Gasteiger partial charge in [-0.15, -0.1) is 11.8 Å². The van der Waals surface area contributed by atoms with Crippen molar-refractivity contribution < 1.29 is 38.7 Å². The number of nitriles is 1. The number of phenolic OH excluding ortho intramolecular Hbond substituents is 2. The van der Waals surface area contributed by atoms with Crippen LogP contribution in [-0.2, 0) is 20.7 Å². The van der Waals surface area contributed by atoms with Gasteiger partial charge in [0.15, 0.2) is 23.0 Å². The van der Waals surface area contributed by atoms with Crippen LogP contribution in [0.3, 0.4) is 0 Å². The highest BCUT2D eigenvalue weighted by molar-refractivity contribution is 8.00. The third-order valence-electron chi connectivity index (χ3n) is 9.32. The van der Waals surface area contributed by atoms with E-state index < -0.39 is 41.2 Å². The SMILES string of the molecule is COc1c(C)cc2c(c1O)[C@@H]1C3[C@@H]4SCC(=O)C(=O)OC[C@@H](c5c6c(c(C)c(O)c54)OCO6)N3C(C#N)[C@H](C2)N1C. The van der Waals surface area contributed by atoms with Crippen molar-refractivity contribution in [2.45, 2.75) is 55.7 Å². The topological polar surface area (TPSA) is 142 Å². The minimum Gasteiger partial charge on any atom is -0.507 e. The highest BCUT2D eigenvalue weighted by Gasteiger charge is 2.60. The molecule has 0 aromatic heterocycles. The Morgan fingerprint density at radius 2 is 1.85 bits per heavy atom. The van der Waals surface area contributed by atoms with Crippen molar-refractivity contribution in [3.8, 4) is 34.8 Å². The van der Waals surface area contributed by atoms with Crippen LogP contribution in [0.15, 0.2) is 6.07 Å². The van der Waals surface area contributed by atoms with Gasteiger partial charge in [-0.3, -0.25) is 14.6 Å². The quantitative estimate of drug-likeness (QED) is 0.379. The maximum atomic E-state index is 12.8. The van der Waals surface area contributed by atoms with Gasteiger partial charge in [0.1, 0.15) is 18.4 Å². The number of benzene rings is 2. The van der Waals surface area contributed by atoms with E-state index in [0.29, 0.717) is 45.9 Å². The van der Waals surface area contributed by atoms with Crippen LogP contribution in [0.1, 0.15) is 50.7 Å². The van der Waals surface area contributed by atoms with E-state index >= 15 is 0 Å². The zero-order valence-electron chi connectivity index (χ0n) is 23.0. The number of Topliss-reactive ketones (excluding diaryl/α,β-unsaturated/α-hetero) is 1. The first-order valence-electron chi connectivity index (χ1n) is 13.4. The van der Waals surface area contributed by atoms with Gasteiger partial charge in [-0.1, -0.05) is 6.07 Å². The maximum absolute atomic E-state index is 12.8. The lowest BCUT2D eigenvalue weighted by molar-refractivity contribution is -0.157.